The minimum atomic E-state index is -0.932. The summed E-state index contributed by atoms with van der Waals surface area (Å²) in [6.07, 6.45) is 0.664. The predicted octanol–water partition coefficient (Wildman–Crippen LogP) is 2.84. The molecule has 0 spiro atoms. The summed E-state index contributed by atoms with van der Waals surface area (Å²) in [4.78, 5) is 70.8. The van der Waals surface area contributed by atoms with Gasteiger partial charge in [-0.1, -0.05) is 99.6 Å². The third-order valence-electron chi connectivity index (χ3n) is 8.61. The van der Waals surface area contributed by atoms with Gasteiger partial charge in [0.1, 0.15) is 24.2 Å². The number of nitrogens with one attached hydrogen (secondary N) is 4. The van der Waals surface area contributed by atoms with E-state index in [1.54, 1.807) is 21.1 Å². The van der Waals surface area contributed by atoms with Crippen molar-refractivity contribution in [2.45, 2.75) is 106 Å². The Labute approximate surface area is 283 Å². The largest absolute Gasteiger partial charge is 0.354 e. The van der Waals surface area contributed by atoms with E-state index >= 15 is 0 Å². The van der Waals surface area contributed by atoms with Crippen molar-refractivity contribution in [2.24, 2.45) is 29.6 Å². The lowest BCUT2D eigenvalue weighted by Gasteiger charge is -2.37. The van der Waals surface area contributed by atoms with Crippen molar-refractivity contribution in [2.75, 3.05) is 27.7 Å². The van der Waals surface area contributed by atoms with Crippen molar-refractivity contribution >= 4 is 29.5 Å². The van der Waals surface area contributed by atoms with Crippen molar-refractivity contribution in [1.82, 2.24) is 31.1 Å². The van der Waals surface area contributed by atoms with E-state index in [9.17, 15) is 24.0 Å². The van der Waals surface area contributed by atoms with Crippen molar-refractivity contribution < 1.29 is 24.0 Å². The summed E-state index contributed by atoms with van der Waals surface area (Å²) in [5, 5.41) is 11.8. The topological polar surface area (TPSA) is 140 Å². The van der Waals surface area contributed by atoms with Gasteiger partial charge in [0.2, 0.25) is 29.5 Å². The fourth-order valence-electron chi connectivity index (χ4n) is 5.92. The van der Waals surface area contributed by atoms with E-state index in [-0.39, 0.29) is 47.3 Å². The monoisotopic (exact) mass is 658 g/mol. The Kier molecular flexibility index (Phi) is 17.1. The van der Waals surface area contributed by atoms with E-state index in [4.69, 9.17) is 0 Å². The number of amides is 5. The van der Waals surface area contributed by atoms with Gasteiger partial charge in [-0.2, -0.15) is 0 Å². The molecular weight excluding hydrogens is 596 g/mol. The summed E-state index contributed by atoms with van der Waals surface area (Å²) in [6, 6.07) is 5.92. The van der Waals surface area contributed by atoms with E-state index in [2.05, 4.69) is 21.3 Å². The quantitative estimate of drug-likeness (QED) is 0.191. The van der Waals surface area contributed by atoms with Crippen molar-refractivity contribution in [3.8, 4) is 0 Å². The standard InChI is InChI=1S/C36H62N6O5/c1-21(2)27(37-11)32(43)39-28(22(3)4)35(46)42(13)31(25(9)10)34(45)40-29(23(5)6)36(47)41(12)30(24(7)8)33(44)38-20-19-26-17-15-14-16-18-26/h14-18,21-25,27-31,37H,19-20H2,1-13H3,(H,38,44)(H,39,43)(H,40,45)/t27-,28-,29-,30-,31-/m1/s1. The van der Waals surface area contributed by atoms with Gasteiger partial charge in [0.25, 0.3) is 0 Å². The highest BCUT2D eigenvalue weighted by Crippen LogP contribution is 2.18. The fourth-order valence-corrected chi connectivity index (χ4v) is 5.92. The third-order valence-corrected chi connectivity index (χ3v) is 8.61. The molecule has 0 aromatic heterocycles. The van der Waals surface area contributed by atoms with E-state index in [0.717, 1.165) is 5.56 Å². The summed E-state index contributed by atoms with van der Waals surface area (Å²) < 4.78 is 0. The normalized spacial score (nSPS) is 14.9. The molecule has 11 heteroatoms. The van der Waals surface area contributed by atoms with Gasteiger partial charge in [-0.25, -0.2) is 0 Å². The summed E-state index contributed by atoms with van der Waals surface area (Å²) in [6.45, 7) is 19.1. The molecule has 0 heterocycles. The maximum absolute atomic E-state index is 13.9. The smallest absolute Gasteiger partial charge is 0.245 e. The van der Waals surface area contributed by atoms with E-state index in [0.29, 0.717) is 13.0 Å². The molecular formula is C36H62N6O5. The maximum Gasteiger partial charge on any atom is 0.245 e. The molecule has 1 aromatic rings. The van der Waals surface area contributed by atoms with E-state index in [1.807, 2.05) is 99.6 Å². The second-order valence-electron chi connectivity index (χ2n) is 14.3. The second kappa shape index (κ2) is 19.4. The van der Waals surface area contributed by atoms with Gasteiger partial charge in [-0.05, 0) is 48.6 Å². The lowest BCUT2D eigenvalue weighted by Crippen LogP contribution is -2.62. The van der Waals surface area contributed by atoms with Crippen LogP contribution in [-0.4, -0.2) is 97.2 Å². The lowest BCUT2D eigenvalue weighted by atomic mass is 9.95. The Morgan fingerprint density at radius 3 is 1.36 bits per heavy atom. The Hall–Kier alpha value is -3.47. The summed E-state index contributed by atoms with van der Waals surface area (Å²) in [5.74, 6) is -2.81. The molecule has 0 radical (unpaired) electrons. The van der Waals surface area contributed by atoms with Crippen LogP contribution in [0.2, 0.25) is 0 Å². The van der Waals surface area contributed by atoms with Crippen LogP contribution in [0.4, 0.5) is 0 Å². The van der Waals surface area contributed by atoms with Crippen LogP contribution in [0, 0.1) is 29.6 Å². The van der Waals surface area contributed by atoms with Crippen LogP contribution in [0.1, 0.15) is 74.8 Å². The van der Waals surface area contributed by atoms with Crippen LogP contribution < -0.4 is 21.3 Å². The van der Waals surface area contributed by atoms with Gasteiger partial charge in [0.05, 0.1) is 6.04 Å². The van der Waals surface area contributed by atoms with Crippen molar-refractivity contribution in [3.63, 3.8) is 0 Å². The number of rotatable bonds is 18. The zero-order valence-electron chi connectivity index (χ0n) is 31.0. The van der Waals surface area contributed by atoms with Gasteiger partial charge in [-0.3, -0.25) is 24.0 Å². The molecule has 0 bridgehead atoms. The van der Waals surface area contributed by atoms with Gasteiger partial charge in [0.15, 0.2) is 0 Å². The van der Waals surface area contributed by atoms with Gasteiger partial charge in [0, 0.05) is 20.6 Å². The third kappa shape index (κ3) is 11.9. The van der Waals surface area contributed by atoms with Crippen LogP contribution in [0.3, 0.4) is 0 Å². The van der Waals surface area contributed by atoms with Crippen LogP contribution in [-0.2, 0) is 30.4 Å². The number of carbonyl (C=O) groups is 5. The SMILES string of the molecule is CN[C@@H](C(=O)N[C@@H](C(=O)N(C)[C@@H](C(=O)N[C@@H](C(=O)N(C)[C@@H](C(=O)NCCc1ccccc1)C(C)C)C(C)C)C(C)C)C(C)C)C(C)C. The zero-order chi connectivity index (χ0) is 36.2. The summed E-state index contributed by atoms with van der Waals surface area (Å²) in [7, 11) is 4.85. The number of benzene rings is 1. The molecule has 0 saturated carbocycles. The fraction of sp³-hybridized carbons (Fsp3) is 0.694. The Bertz CT molecular complexity index is 1170. The molecule has 1 rings (SSSR count). The molecule has 0 saturated heterocycles. The molecule has 0 aliphatic rings. The number of hydrogen-bond acceptors (Lipinski definition) is 6. The Balaban J connectivity index is 3.16. The Morgan fingerprint density at radius 2 is 0.979 bits per heavy atom. The first-order valence-corrected chi connectivity index (χ1v) is 17.0. The molecule has 5 atom stereocenters. The van der Waals surface area contributed by atoms with Gasteiger partial charge < -0.3 is 31.1 Å². The summed E-state index contributed by atoms with van der Waals surface area (Å²) >= 11 is 0. The van der Waals surface area contributed by atoms with Gasteiger partial charge >= 0.3 is 0 Å². The number of carbonyl (C=O) groups excluding carboxylic acids is 5. The molecule has 0 aliphatic heterocycles. The molecule has 0 aliphatic carbocycles. The molecule has 11 nitrogen and oxygen atoms in total. The molecule has 47 heavy (non-hydrogen) atoms. The van der Waals surface area contributed by atoms with Crippen molar-refractivity contribution in [3.05, 3.63) is 35.9 Å². The van der Waals surface area contributed by atoms with Crippen LogP contribution >= 0.6 is 0 Å². The molecule has 5 amide bonds. The highest BCUT2D eigenvalue weighted by Gasteiger charge is 2.40. The maximum atomic E-state index is 13.9. The van der Waals surface area contributed by atoms with Crippen molar-refractivity contribution in [1.29, 1.82) is 0 Å². The molecule has 0 fully saturated rings. The average molecular weight is 659 g/mol. The zero-order valence-corrected chi connectivity index (χ0v) is 31.0. The predicted molar refractivity (Wildman–Crippen MR) is 187 cm³/mol. The molecule has 1 aromatic carbocycles. The Morgan fingerprint density at radius 1 is 0.574 bits per heavy atom. The first-order valence-electron chi connectivity index (χ1n) is 17.0. The first-order chi connectivity index (χ1) is 21.9. The van der Waals surface area contributed by atoms with E-state index < -0.39 is 42.0 Å². The second-order valence-corrected chi connectivity index (χ2v) is 14.3. The first kappa shape index (κ1) is 41.6. The van der Waals surface area contributed by atoms with Crippen LogP contribution in [0.15, 0.2) is 30.3 Å². The molecule has 0 unspecified atom stereocenters. The van der Waals surface area contributed by atoms with Crippen LogP contribution in [0.25, 0.3) is 0 Å². The highest BCUT2D eigenvalue weighted by molar-refractivity contribution is 5.96. The minimum absolute atomic E-state index is 0.00845. The average Bonchev–Trinajstić information content (AvgIpc) is 2.98. The van der Waals surface area contributed by atoms with E-state index in [1.165, 1.54) is 9.80 Å². The minimum Gasteiger partial charge on any atom is -0.354 e. The van der Waals surface area contributed by atoms with Gasteiger partial charge in [-0.15, -0.1) is 0 Å². The number of likely N-dealkylation sites (N-methyl/N-ethyl adjacent to an activating group) is 3. The molecule has 266 valence electrons. The highest BCUT2D eigenvalue weighted by atomic mass is 16.2. The van der Waals surface area contributed by atoms with Crippen LogP contribution in [0.5, 0.6) is 0 Å². The lowest BCUT2D eigenvalue weighted by molar-refractivity contribution is -0.147. The molecule has 4 N–H and O–H groups in total. The number of hydrogen-bond donors (Lipinski definition) is 4. The summed E-state index contributed by atoms with van der Waals surface area (Å²) in [5.41, 5.74) is 1.10. The number of nitrogens with zero attached hydrogens (tertiary/aromatic N) is 2.